The van der Waals surface area contributed by atoms with Crippen molar-refractivity contribution in [1.82, 2.24) is 5.32 Å². The lowest BCUT2D eigenvalue weighted by Crippen LogP contribution is -2.26. The third-order valence-electron chi connectivity index (χ3n) is 3.65. The average Bonchev–Trinajstić information content (AvgIpc) is 2.99. The Kier molecular flexibility index (Phi) is 5.63. The minimum absolute atomic E-state index is 0.0962. The van der Waals surface area contributed by atoms with E-state index in [4.69, 9.17) is 14.6 Å². The molecular formula is C16H21NO5. The number of carbonyl (C=O) groups excluding carboxylic acids is 1. The lowest BCUT2D eigenvalue weighted by molar-refractivity contribution is -0.136. The maximum absolute atomic E-state index is 12.0. The minimum Gasteiger partial charge on any atom is -0.493 e. The molecule has 1 aromatic rings. The van der Waals surface area contributed by atoms with Crippen LogP contribution < -0.4 is 14.8 Å². The van der Waals surface area contributed by atoms with E-state index in [1.54, 1.807) is 25.3 Å². The van der Waals surface area contributed by atoms with Crippen molar-refractivity contribution in [2.24, 2.45) is 0 Å². The summed E-state index contributed by atoms with van der Waals surface area (Å²) in [7, 11) is 1.56. The highest BCUT2D eigenvalue weighted by atomic mass is 16.5. The molecule has 0 unspecified atom stereocenters. The van der Waals surface area contributed by atoms with Crippen LogP contribution in [0.15, 0.2) is 18.2 Å². The van der Waals surface area contributed by atoms with Crippen molar-refractivity contribution in [2.45, 2.75) is 38.2 Å². The maximum Gasteiger partial charge on any atom is 0.305 e. The lowest BCUT2D eigenvalue weighted by Gasteiger charge is -2.16. The Bertz CT molecular complexity index is 537. The van der Waals surface area contributed by atoms with Crippen molar-refractivity contribution in [3.8, 4) is 11.5 Å². The highest BCUT2D eigenvalue weighted by molar-refractivity contribution is 5.95. The molecule has 0 spiro atoms. The molecule has 1 aromatic carbocycles. The summed E-state index contributed by atoms with van der Waals surface area (Å²) in [5, 5.41) is 11.2. The Labute approximate surface area is 129 Å². The number of ether oxygens (including phenoxy) is 2. The summed E-state index contributed by atoms with van der Waals surface area (Å²) in [6.07, 6.45) is 4.40. The molecule has 0 bridgehead atoms. The molecule has 1 aliphatic carbocycles. The Morgan fingerprint density at radius 3 is 2.64 bits per heavy atom. The number of methoxy groups -OCH3 is 1. The average molecular weight is 307 g/mol. The largest absolute Gasteiger partial charge is 0.493 e. The highest BCUT2D eigenvalue weighted by Crippen LogP contribution is 2.32. The van der Waals surface area contributed by atoms with Gasteiger partial charge in [0.15, 0.2) is 11.5 Å². The number of rotatable bonds is 7. The fourth-order valence-corrected chi connectivity index (χ4v) is 2.48. The van der Waals surface area contributed by atoms with Crippen LogP contribution >= 0.6 is 0 Å². The van der Waals surface area contributed by atoms with E-state index < -0.39 is 5.97 Å². The Balaban J connectivity index is 2.04. The monoisotopic (exact) mass is 307 g/mol. The van der Waals surface area contributed by atoms with E-state index in [0.717, 1.165) is 25.7 Å². The number of hydrogen-bond acceptors (Lipinski definition) is 4. The number of carbonyl (C=O) groups is 2. The van der Waals surface area contributed by atoms with E-state index >= 15 is 0 Å². The van der Waals surface area contributed by atoms with Crippen molar-refractivity contribution in [1.29, 1.82) is 0 Å². The number of nitrogens with one attached hydrogen (secondary N) is 1. The minimum atomic E-state index is -0.944. The molecule has 1 fully saturated rings. The summed E-state index contributed by atoms with van der Waals surface area (Å²) in [5.41, 5.74) is 0.430. The van der Waals surface area contributed by atoms with Crippen LogP contribution in [0.1, 0.15) is 42.5 Å². The number of benzene rings is 1. The molecule has 0 radical (unpaired) electrons. The van der Waals surface area contributed by atoms with Crippen LogP contribution in [-0.4, -0.2) is 36.7 Å². The standard InChI is InChI=1S/C16H21NO5/c1-21-13-7-6-11(16(20)17-9-8-15(18)19)10-14(13)22-12-4-2-3-5-12/h6-7,10,12H,2-5,8-9H2,1H3,(H,17,20)(H,18,19). The van der Waals surface area contributed by atoms with E-state index in [2.05, 4.69) is 5.32 Å². The molecule has 0 heterocycles. The van der Waals surface area contributed by atoms with Crippen LogP contribution in [0.4, 0.5) is 0 Å². The number of carboxylic acid groups (broad SMARTS) is 1. The van der Waals surface area contributed by atoms with Crippen molar-refractivity contribution < 1.29 is 24.2 Å². The van der Waals surface area contributed by atoms with Gasteiger partial charge < -0.3 is 19.9 Å². The van der Waals surface area contributed by atoms with Gasteiger partial charge >= 0.3 is 5.97 Å². The summed E-state index contributed by atoms with van der Waals surface area (Å²) in [6, 6.07) is 4.97. The SMILES string of the molecule is COc1ccc(C(=O)NCCC(=O)O)cc1OC1CCCC1. The molecule has 1 amide bonds. The normalized spacial score (nSPS) is 14.6. The van der Waals surface area contributed by atoms with Gasteiger partial charge in [-0.05, 0) is 43.9 Å². The number of amides is 1. The summed E-state index contributed by atoms with van der Waals surface area (Å²) >= 11 is 0. The van der Waals surface area contributed by atoms with Crippen molar-refractivity contribution in [3.05, 3.63) is 23.8 Å². The van der Waals surface area contributed by atoms with Gasteiger partial charge in [0.25, 0.3) is 5.91 Å². The van der Waals surface area contributed by atoms with Crippen LogP contribution in [-0.2, 0) is 4.79 Å². The van der Waals surface area contributed by atoms with E-state index in [9.17, 15) is 9.59 Å². The summed E-state index contributed by atoms with van der Waals surface area (Å²) in [6.45, 7) is 0.0962. The number of hydrogen-bond donors (Lipinski definition) is 2. The highest BCUT2D eigenvalue weighted by Gasteiger charge is 2.19. The molecule has 6 heteroatoms. The zero-order valence-corrected chi connectivity index (χ0v) is 12.6. The molecule has 2 N–H and O–H groups in total. The molecule has 0 aliphatic heterocycles. The van der Waals surface area contributed by atoms with Gasteiger partial charge in [0.05, 0.1) is 19.6 Å². The molecule has 2 rings (SSSR count). The van der Waals surface area contributed by atoms with E-state index in [1.165, 1.54) is 0 Å². The van der Waals surface area contributed by atoms with Crippen LogP contribution in [0.5, 0.6) is 11.5 Å². The van der Waals surface area contributed by atoms with Crippen molar-refractivity contribution in [2.75, 3.05) is 13.7 Å². The summed E-state index contributed by atoms with van der Waals surface area (Å²) < 4.78 is 11.2. The van der Waals surface area contributed by atoms with Gasteiger partial charge in [-0.1, -0.05) is 0 Å². The zero-order valence-electron chi connectivity index (χ0n) is 12.6. The van der Waals surface area contributed by atoms with Gasteiger partial charge in [0.2, 0.25) is 0 Å². The first-order chi connectivity index (χ1) is 10.6. The molecule has 0 atom stereocenters. The van der Waals surface area contributed by atoms with Gasteiger partial charge in [-0.2, -0.15) is 0 Å². The first kappa shape index (κ1) is 16.1. The zero-order chi connectivity index (χ0) is 15.9. The smallest absolute Gasteiger partial charge is 0.305 e. The fourth-order valence-electron chi connectivity index (χ4n) is 2.48. The van der Waals surface area contributed by atoms with E-state index in [0.29, 0.717) is 17.1 Å². The van der Waals surface area contributed by atoms with Crippen molar-refractivity contribution in [3.63, 3.8) is 0 Å². The van der Waals surface area contributed by atoms with Gasteiger partial charge in [-0.25, -0.2) is 0 Å². The number of aliphatic carboxylic acids is 1. The molecule has 22 heavy (non-hydrogen) atoms. The first-order valence-electron chi connectivity index (χ1n) is 7.45. The number of carboxylic acids is 1. The molecular weight excluding hydrogens is 286 g/mol. The molecule has 0 saturated heterocycles. The first-order valence-corrected chi connectivity index (χ1v) is 7.45. The van der Waals surface area contributed by atoms with Gasteiger partial charge in [0.1, 0.15) is 0 Å². The molecule has 1 saturated carbocycles. The van der Waals surface area contributed by atoms with Crippen LogP contribution in [0.3, 0.4) is 0 Å². The second kappa shape index (κ2) is 7.68. The summed E-state index contributed by atoms with van der Waals surface area (Å²) in [4.78, 5) is 22.5. The van der Waals surface area contributed by atoms with Crippen molar-refractivity contribution >= 4 is 11.9 Å². The second-order valence-electron chi connectivity index (χ2n) is 5.29. The fraction of sp³-hybridized carbons (Fsp3) is 0.500. The lowest BCUT2D eigenvalue weighted by atomic mass is 10.2. The maximum atomic E-state index is 12.0. The van der Waals surface area contributed by atoms with Crippen LogP contribution in [0.2, 0.25) is 0 Å². The van der Waals surface area contributed by atoms with Crippen LogP contribution in [0.25, 0.3) is 0 Å². The third kappa shape index (κ3) is 4.38. The third-order valence-corrected chi connectivity index (χ3v) is 3.65. The van der Waals surface area contributed by atoms with Crippen LogP contribution in [0, 0.1) is 0 Å². The quantitative estimate of drug-likeness (QED) is 0.807. The predicted molar refractivity (Wildman–Crippen MR) is 80.5 cm³/mol. The molecule has 0 aromatic heterocycles. The van der Waals surface area contributed by atoms with Gasteiger partial charge in [-0.3, -0.25) is 9.59 Å². The summed E-state index contributed by atoms with van der Waals surface area (Å²) in [5.74, 6) is -0.116. The molecule has 120 valence electrons. The Morgan fingerprint density at radius 2 is 2.00 bits per heavy atom. The van der Waals surface area contributed by atoms with Gasteiger partial charge in [-0.15, -0.1) is 0 Å². The van der Waals surface area contributed by atoms with E-state index in [-0.39, 0.29) is 25.0 Å². The van der Waals surface area contributed by atoms with E-state index in [1.807, 2.05) is 0 Å². The predicted octanol–water partition coefficient (Wildman–Crippen LogP) is 2.22. The Hall–Kier alpha value is -2.24. The topological polar surface area (TPSA) is 84.9 Å². The molecule has 6 nitrogen and oxygen atoms in total. The van der Waals surface area contributed by atoms with Gasteiger partial charge in [0, 0.05) is 12.1 Å². The molecule has 1 aliphatic rings. The second-order valence-corrected chi connectivity index (χ2v) is 5.29. The Morgan fingerprint density at radius 1 is 1.27 bits per heavy atom.